The van der Waals surface area contributed by atoms with Crippen LogP contribution in [0.3, 0.4) is 0 Å². The minimum Gasteiger partial charge on any atom is -0.482 e. The van der Waals surface area contributed by atoms with Crippen molar-refractivity contribution in [2.45, 2.75) is 0 Å². The number of rotatable bonds is 2. The number of ether oxygens (including phenoxy) is 2. The Morgan fingerprint density at radius 2 is 2.14 bits per heavy atom. The molecule has 0 aromatic heterocycles. The second kappa shape index (κ2) is 5.65. The lowest BCUT2D eigenvalue weighted by Crippen LogP contribution is -2.25. The average molecular weight is 322 g/mol. The van der Waals surface area contributed by atoms with Gasteiger partial charge in [-0.1, -0.05) is 17.7 Å². The first-order valence-corrected chi connectivity index (χ1v) is 6.65. The van der Waals surface area contributed by atoms with Gasteiger partial charge >= 0.3 is 5.97 Å². The van der Waals surface area contributed by atoms with Crippen molar-refractivity contribution in [2.75, 3.05) is 11.9 Å². The summed E-state index contributed by atoms with van der Waals surface area (Å²) < 4.78 is 23.9. The molecular formula is C15H9ClFNO4. The molecule has 1 amide bonds. The van der Waals surface area contributed by atoms with Gasteiger partial charge in [0.1, 0.15) is 22.9 Å². The summed E-state index contributed by atoms with van der Waals surface area (Å²) in [5.74, 6) is -1.41. The van der Waals surface area contributed by atoms with E-state index in [4.69, 9.17) is 21.1 Å². The highest BCUT2D eigenvalue weighted by molar-refractivity contribution is 6.33. The Kier molecular flexibility index (Phi) is 3.68. The molecule has 0 saturated heterocycles. The zero-order valence-corrected chi connectivity index (χ0v) is 11.8. The van der Waals surface area contributed by atoms with Gasteiger partial charge in [0.05, 0.1) is 10.7 Å². The van der Waals surface area contributed by atoms with Crippen molar-refractivity contribution in [1.82, 2.24) is 0 Å². The van der Waals surface area contributed by atoms with Crippen molar-refractivity contribution in [3.63, 3.8) is 0 Å². The number of carbonyl (C=O) groups is 2. The van der Waals surface area contributed by atoms with Crippen LogP contribution in [-0.2, 0) is 4.79 Å². The zero-order chi connectivity index (χ0) is 15.7. The van der Waals surface area contributed by atoms with Crippen LogP contribution in [0.5, 0.6) is 11.5 Å². The molecule has 3 rings (SSSR count). The molecule has 7 heteroatoms. The lowest BCUT2D eigenvalue weighted by molar-refractivity contribution is -0.118. The van der Waals surface area contributed by atoms with Crippen molar-refractivity contribution in [1.29, 1.82) is 0 Å². The summed E-state index contributed by atoms with van der Waals surface area (Å²) in [5.41, 5.74) is 0.0309. The quantitative estimate of drug-likeness (QED) is 0.682. The smallest absolute Gasteiger partial charge is 0.348 e. The van der Waals surface area contributed by atoms with Crippen LogP contribution in [-0.4, -0.2) is 18.5 Å². The Morgan fingerprint density at radius 1 is 1.32 bits per heavy atom. The van der Waals surface area contributed by atoms with E-state index in [1.165, 1.54) is 24.3 Å². The third-order valence-corrected chi connectivity index (χ3v) is 3.28. The number of fused-ring (bicyclic) bond motifs is 1. The zero-order valence-electron chi connectivity index (χ0n) is 11.1. The molecule has 5 nitrogen and oxygen atoms in total. The summed E-state index contributed by atoms with van der Waals surface area (Å²) in [5, 5.41) is 2.54. The van der Waals surface area contributed by atoms with E-state index in [2.05, 4.69) is 5.32 Å². The van der Waals surface area contributed by atoms with E-state index in [0.29, 0.717) is 11.4 Å². The van der Waals surface area contributed by atoms with Crippen molar-refractivity contribution < 1.29 is 23.5 Å². The lowest BCUT2D eigenvalue weighted by atomic mass is 10.2. The lowest BCUT2D eigenvalue weighted by Gasteiger charge is -2.18. The standard InChI is InChI=1S/C15H9ClFNO4/c16-9-2-1-3-10(17)14(9)15(20)22-8-4-5-12-11(6-8)18-13(19)7-21-12/h1-6H,7H2,(H,18,19). The van der Waals surface area contributed by atoms with Gasteiger partial charge in [-0.05, 0) is 24.3 Å². The van der Waals surface area contributed by atoms with Crippen molar-refractivity contribution >= 4 is 29.2 Å². The maximum atomic E-state index is 13.7. The van der Waals surface area contributed by atoms with Gasteiger partial charge < -0.3 is 14.8 Å². The molecule has 0 spiro atoms. The van der Waals surface area contributed by atoms with Crippen LogP contribution in [0.4, 0.5) is 10.1 Å². The van der Waals surface area contributed by atoms with Gasteiger partial charge in [-0.25, -0.2) is 9.18 Å². The normalized spacial score (nSPS) is 12.9. The number of benzene rings is 2. The summed E-state index contributed by atoms with van der Waals surface area (Å²) in [6.07, 6.45) is 0. The maximum Gasteiger partial charge on any atom is 0.348 e. The van der Waals surface area contributed by atoms with Crippen LogP contribution in [0, 0.1) is 5.82 Å². The molecular weight excluding hydrogens is 313 g/mol. The molecule has 0 fully saturated rings. The molecule has 2 aromatic carbocycles. The summed E-state index contributed by atoms with van der Waals surface area (Å²) in [7, 11) is 0. The Bertz CT molecular complexity index is 758. The SMILES string of the molecule is O=C1COc2ccc(OC(=O)c3c(F)cccc3Cl)cc2N1. The van der Waals surface area contributed by atoms with Gasteiger partial charge in [-0.2, -0.15) is 0 Å². The fourth-order valence-electron chi connectivity index (χ4n) is 1.98. The molecule has 0 unspecified atom stereocenters. The topological polar surface area (TPSA) is 64.6 Å². The van der Waals surface area contributed by atoms with Gasteiger partial charge in [-0.3, -0.25) is 4.79 Å². The average Bonchev–Trinajstić information content (AvgIpc) is 2.46. The predicted octanol–water partition coefficient (Wildman–Crippen LogP) is 3.03. The minimum atomic E-state index is -0.925. The van der Waals surface area contributed by atoms with E-state index in [1.54, 1.807) is 6.07 Å². The number of anilines is 1. The maximum absolute atomic E-state index is 13.7. The molecule has 1 heterocycles. The number of hydrogen-bond donors (Lipinski definition) is 1. The molecule has 0 bridgehead atoms. The van der Waals surface area contributed by atoms with E-state index >= 15 is 0 Å². The van der Waals surface area contributed by atoms with Gasteiger partial charge in [-0.15, -0.1) is 0 Å². The van der Waals surface area contributed by atoms with Crippen molar-refractivity contribution in [3.8, 4) is 11.5 Å². The third kappa shape index (κ3) is 2.73. The monoisotopic (exact) mass is 321 g/mol. The molecule has 112 valence electrons. The van der Waals surface area contributed by atoms with Crippen molar-refractivity contribution in [3.05, 3.63) is 52.8 Å². The fourth-order valence-corrected chi connectivity index (χ4v) is 2.22. The van der Waals surface area contributed by atoms with E-state index in [0.717, 1.165) is 6.07 Å². The van der Waals surface area contributed by atoms with Crippen LogP contribution in [0.1, 0.15) is 10.4 Å². The first-order chi connectivity index (χ1) is 10.5. The summed E-state index contributed by atoms with van der Waals surface area (Å²) in [4.78, 5) is 23.3. The number of amides is 1. The number of halogens is 2. The Labute approximate surface area is 129 Å². The molecule has 0 radical (unpaired) electrons. The summed E-state index contributed by atoms with van der Waals surface area (Å²) >= 11 is 5.81. The Morgan fingerprint density at radius 3 is 2.91 bits per heavy atom. The molecule has 2 aromatic rings. The van der Waals surface area contributed by atoms with E-state index in [-0.39, 0.29) is 28.8 Å². The van der Waals surface area contributed by atoms with Gasteiger partial charge in [0, 0.05) is 6.07 Å². The fraction of sp³-hybridized carbons (Fsp3) is 0.0667. The molecule has 0 aliphatic carbocycles. The number of esters is 1. The largest absolute Gasteiger partial charge is 0.482 e. The molecule has 22 heavy (non-hydrogen) atoms. The second-order valence-corrected chi connectivity index (χ2v) is 4.89. The van der Waals surface area contributed by atoms with Crippen LogP contribution in [0.25, 0.3) is 0 Å². The molecule has 1 N–H and O–H groups in total. The third-order valence-electron chi connectivity index (χ3n) is 2.96. The molecule has 1 aliphatic heterocycles. The van der Waals surface area contributed by atoms with Crippen LogP contribution in [0.15, 0.2) is 36.4 Å². The highest BCUT2D eigenvalue weighted by Crippen LogP contribution is 2.32. The summed E-state index contributed by atoms with van der Waals surface area (Å²) in [6.45, 7) is -0.0725. The number of carbonyl (C=O) groups excluding carboxylic acids is 2. The highest BCUT2D eigenvalue weighted by atomic mass is 35.5. The molecule has 0 atom stereocenters. The molecule has 1 aliphatic rings. The van der Waals surface area contributed by atoms with Crippen LogP contribution < -0.4 is 14.8 Å². The van der Waals surface area contributed by atoms with Crippen LogP contribution in [0.2, 0.25) is 5.02 Å². The van der Waals surface area contributed by atoms with Gasteiger partial charge in [0.25, 0.3) is 5.91 Å². The Balaban J connectivity index is 1.86. The number of hydrogen-bond acceptors (Lipinski definition) is 4. The van der Waals surface area contributed by atoms with Crippen molar-refractivity contribution in [2.24, 2.45) is 0 Å². The van der Waals surface area contributed by atoms with E-state index < -0.39 is 11.8 Å². The predicted molar refractivity (Wildman–Crippen MR) is 76.9 cm³/mol. The molecule has 0 saturated carbocycles. The second-order valence-electron chi connectivity index (χ2n) is 4.48. The van der Waals surface area contributed by atoms with Gasteiger partial charge in [0.15, 0.2) is 6.61 Å². The highest BCUT2D eigenvalue weighted by Gasteiger charge is 2.20. The van der Waals surface area contributed by atoms with E-state index in [1.807, 2.05) is 0 Å². The van der Waals surface area contributed by atoms with Crippen LogP contribution >= 0.6 is 11.6 Å². The van der Waals surface area contributed by atoms with E-state index in [9.17, 15) is 14.0 Å². The first kappa shape index (κ1) is 14.3. The first-order valence-electron chi connectivity index (χ1n) is 6.27. The van der Waals surface area contributed by atoms with Gasteiger partial charge in [0.2, 0.25) is 0 Å². The minimum absolute atomic E-state index is 0.0420. The summed E-state index contributed by atoms with van der Waals surface area (Å²) in [6, 6.07) is 8.33. The number of nitrogens with one attached hydrogen (secondary N) is 1. The Hall–Kier alpha value is -2.60.